The first-order valence-electron chi connectivity index (χ1n) is 6.36. The quantitative estimate of drug-likeness (QED) is 0.687. The molecule has 0 bridgehead atoms. The number of anilines is 1. The third kappa shape index (κ3) is 2.94. The monoisotopic (exact) mass is 289 g/mol. The van der Waals surface area contributed by atoms with E-state index in [0.717, 1.165) is 5.56 Å². The third-order valence-corrected chi connectivity index (χ3v) is 3.36. The van der Waals surface area contributed by atoms with Crippen LogP contribution in [0.2, 0.25) is 5.02 Å². The van der Waals surface area contributed by atoms with Crippen LogP contribution in [-0.2, 0) is 0 Å². The summed E-state index contributed by atoms with van der Waals surface area (Å²) >= 11 is 6.12. The number of hydrogen-bond acceptors (Lipinski definition) is 3. The molecule has 20 heavy (non-hydrogen) atoms. The van der Waals surface area contributed by atoms with Gasteiger partial charge in [-0.2, -0.15) is 0 Å². The Kier molecular flexibility index (Phi) is 4.30. The summed E-state index contributed by atoms with van der Waals surface area (Å²) in [7, 11) is 0. The first-order valence-corrected chi connectivity index (χ1v) is 6.74. The van der Waals surface area contributed by atoms with Crippen LogP contribution in [0.3, 0.4) is 0 Å². The molecule has 0 amide bonds. The van der Waals surface area contributed by atoms with E-state index in [-0.39, 0.29) is 5.78 Å². The van der Waals surface area contributed by atoms with Crippen LogP contribution in [0.25, 0.3) is 0 Å². The van der Waals surface area contributed by atoms with Gasteiger partial charge in [0, 0.05) is 16.3 Å². The average molecular weight is 290 g/mol. The van der Waals surface area contributed by atoms with Crippen molar-refractivity contribution in [1.82, 2.24) is 0 Å². The van der Waals surface area contributed by atoms with Gasteiger partial charge in [0.05, 0.1) is 12.2 Å². The van der Waals surface area contributed by atoms with E-state index in [1.807, 2.05) is 13.8 Å². The minimum absolute atomic E-state index is 0.150. The highest BCUT2D eigenvalue weighted by Gasteiger charge is 2.17. The van der Waals surface area contributed by atoms with E-state index in [4.69, 9.17) is 22.1 Å². The lowest BCUT2D eigenvalue weighted by Crippen LogP contribution is -2.06. The SMILES string of the molecule is CCOc1cc(C)c(Cl)cc1C(=O)c1cccc(N)c1. The van der Waals surface area contributed by atoms with Gasteiger partial charge in [-0.25, -0.2) is 0 Å². The predicted molar refractivity (Wildman–Crippen MR) is 81.6 cm³/mol. The zero-order chi connectivity index (χ0) is 14.7. The maximum absolute atomic E-state index is 12.6. The first-order chi connectivity index (χ1) is 9.52. The molecule has 2 aromatic carbocycles. The van der Waals surface area contributed by atoms with E-state index in [2.05, 4.69) is 0 Å². The molecule has 0 saturated carbocycles. The summed E-state index contributed by atoms with van der Waals surface area (Å²) in [5.41, 5.74) is 8.11. The lowest BCUT2D eigenvalue weighted by molar-refractivity contribution is 0.103. The normalized spacial score (nSPS) is 10.3. The number of rotatable bonds is 4. The van der Waals surface area contributed by atoms with Crippen LogP contribution in [-0.4, -0.2) is 12.4 Å². The summed E-state index contributed by atoms with van der Waals surface area (Å²) in [6, 6.07) is 10.3. The van der Waals surface area contributed by atoms with Crippen molar-refractivity contribution in [2.75, 3.05) is 12.3 Å². The third-order valence-electron chi connectivity index (χ3n) is 2.95. The van der Waals surface area contributed by atoms with Crippen LogP contribution >= 0.6 is 11.6 Å². The fourth-order valence-corrected chi connectivity index (χ4v) is 2.11. The summed E-state index contributed by atoms with van der Waals surface area (Å²) in [5.74, 6) is 0.393. The highest BCUT2D eigenvalue weighted by molar-refractivity contribution is 6.32. The predicted octanol–water partition coefficient (Wildman–Crippen LogP) is 3.86. The van der Waals surface area contributed by atoms with Gasteiger partial charge >= 0.3 is 0 Å². The average Bonchev–Trinajstić information content (AvgIpc) is 2.42. The maximum Gasteiger partial charge on any atom is 0.196 e. The Morgan fingerprint density at radius 1 is 1.30 bits per heavy atom. The van der Waals surface area contributed by atoms with Crippen LogP contribution in [0.5, 0.6) is 5.75 Å². The molecule has 0 unspecified atom stereocenters. The number of ketones is 1. The van der Waals surface area contributed by atoms with Gasteiger partial charge < -0.3 is 10.5 Å². The Bertz CT molecular complexity index is 653. The topological polar surface area (TPSA) is 52.3 Å². The second-order valence-electron chi connectivity index (χ2n) is 4.49. The summed E-state index contributed by atoms with van der Waals surface area (Å²) < 4.78 is 5.53. The Morgan fingerprint density at radius 3 is 2.70 bits per heavy atom. The number of carbonyl (C=O) groups excluding carboxylic acids is 1. The molecule has 0 aliphatic heterocycles. The molecule has 0 aromatic heterocycles. The zero-order valence-electron chi connectivity index (χ0n) is 11.4. The molecule has 0 saturated heterocycles. The number of aryl methyl sites for hydroxylation is 1. The molecule has 0 radical (unpaired) electrons. The highest BCUT2D eigenvalue weighted by Crippen LogP contribution is 2.29. The molecule has 0 aliphatic rings. The molecule has 2 aromatic rings. The number of nitrogens with two attached hydrogens (primary N) is 1. The number of ether oxygens (including phenoxy) is 1. The van der Waals surface area contributed by atoms with Gasteiger partial charge in [-0.15, -0.1) is 0 Å². The minimum atomic E-state index is -0.150. The molecule has 3 nitrogen and oxygen atoms in total. The first kappa shape index (κ1) is 14.4. The second kappa shape index (κ2) is 5.97. The molecule has 0 aliphatic carbocycles. The van der Waals surface area contributed by atoms with E-state index < -0.39 is 0 Å². The number of nitrogen functional groups attached to an aromatic ring is 1. The highest BCUT2D eigenvalue weighted by atomic mass is 35.5. The fraction of sp³-hybridized carbons (Fsp3) is 0.188. The molecular formula is C16H16ClNO2. The summed E-state index contributed by atoms with van der Waals surface area (Å²) in [5, 5.41) is 0.542. The van der Waals surface area contributed by atoms with Crippen molar-refractivity contribution in [3.8, 4) is 5.75 Å². The van der Waals surface area contributed by atoms with Crippen LogP contribution in [0, 0.1) is 6.92 Å². The van der Waals surface area contributed by atoms with Gasteiger partial charge in [0.2, 0.25) is 0 Å². The number of benzene rings is 2. The van der Waals surface area contributed by atoms with Gasteiger partial charge in [-0.1, -0.05) is 23.7 Å². The summed E-state index contributed by atoms with van der Waals surface area (Å²) in [4.78, 5) is 12.6. The summed E-state index contributed by atoms with van der Waals surface area (Å²) in [6.07, 6.45) is 0. The number of carbonyl (C=O) groups is 1. The van der Waals surface area contributed by atoms with E-state index in [9.17, 15) is 4.79 Å². The molecule has 2 N–H and O–H groups in total. The Labute approximate surface area is 123 Å². The lowest BCUT2D eigenvalue weighted by atomic mass is 10.0. The van der Waals surface area contributed by atoms with E-state index in [1.165, 1.54) is 0 Å². The Balaban J connectivity index is 2.50. The fourth-order valence-electron chi connectivity index (χ4n) is 1.94. The molecule has 2 rings (SSSR count). The van der Waals surface area contributed by atoms with Crippen LogP contribution in [0.15, 0.2) is 36.4 Å². The van der Waals surface area contributed by atoms with Gasteiger partial charge in [-0.3, -0.25) is 4.79 Å². The summed E-state index contributed by atoms with van der Waals surface area (Å²) in [6.45, 7) is 4.23. The smallest absolute Gasteiger partial charge is 0.196 e. The molecule has 0 heterocycles. The molecular weight excluding hydrogens is 274 g/mol. The van der Waals surface area contributed by atoms with Gasteiger partial charge in [-0.05, 0) is 43.7 Å². The Hall–Kier alpha value is -2.00. The zero-order valence-corrected chi connectivity index (χ0v) is 12.2. The van der Waals surface area contributed by atoms with Crippen LogP contribution < -0.4 is 10.5 Å². The molecule has 0 fully saturated rings. The standard InChI is InChI=1S/C16H16ClNO2/c1-3-20-15-7-10(2)14(17)9-13(15)16(19)11-5-4-6-12(18)8-11/h4-9H,3,18H2,1-2H3. The second-order valence-corrected chi connectivity index (χ2v) is 4.89. The molecule has 0 spiro atoms. The van der Waals surface area contributed by atoms with Crippen molar-refractivity contribution >= 4 is 23.1 Å². The number of halogens is 1. The van der Waals surface area contributed by atoms with Gasteiger partial charge in [0.1, 0.15) is 5.75 Å². The lowest BCUT2D eigenvalue weighted by Gasteiger charge is -2.12. The van der Waals surface area contributed by atoms with Gasteiger partial charge in [0.25, 0.3) is 0 Å². The van der Waals surface area contributed by atoms with Crippen molar-refractivity contribution < 1.29 is 9.53 Å². The largest absolute Gasteiger partial charge is 0.493 e. The Morgan fingerprint density at radius 2 is 2.05 bits per heavy atom. The van der Waals surface area contributed by atoms with Crippen LogP contribution in [0.4, 0.5) is 5.69 Å². The van der Waals surface area contributed by atoms with Crippen LogP contribution in [0.1, 0.15) is 28.4 Å². The van der Waals surface area contributed by atoms with E-state index in [0.29, 0.717) is 34.2 Å². The molecule has 0 atom stereocenters. The van der Waals surface area contributed by atoms with Crippen molar-refractivity contribution in [3.63, 3.8) is 0 Å². The van der Waals surface area contributed by atoms with Crippen molar-refractivity contribution in [1.29, 1.82) is 0 Å². The molecule has 104 valence electrons. The molecule has 4 heteroatoms. The number of hydrogen-bond donors (Lipinski definition) is 1. The van der Waals surface area contributed by atoms with Gasteiger partial charge in [0.15, 0.2) is 5.78 Å². The maximum atomic E-state index is 12.6. The van der Waals surface area contributed by atoms with Crippen molar-refractivity contribution in [2.45, 2.75) is 13.8 Å². The minimum Gasteiger partial charge on any atom is -0.493 e. The van der Waals surface area contributed by atoms with Crippen molar-refractivity contribution in [3.05, 3.63) is 58.1 Å². The van der Waals surface area contributed by atoms with Crippen molar-refractivity contribution in [2.24, 2.45) is 0 Å². The van der Waals surface area contributed by atoms with E-state index >= 15 is 0 Å². The van der Waals surface area contributed by atoms with E-state index in [1.54, 1.807) is 36.4 Å².